The number of carbonyl (C=O) groups excluding carboxylic acids is 1. The quantitative estimate of drug-likeness (QED) is 0.282. The molecule has 32 heavy (non-hydrogen) atoms. The SMILES string of the molecule is CCn1c(SCc2ccc([N+](=O)[O-])cc2)nnc1C(NC(=O)c1ccccc1F)C(C)C. The van der Waals surface area contributed by atoms with Gasteiger partial charge in [-0.1, -0.05) is 49.9 Å². The van der Waals surface area contributed by atoms with Crippen LogP contribution >= 0.6 is 11.8 Å². The van der Waals surface area contributed by atoms with Crippen LogP contribution in [0.3, 0.4) is 0 Å². The first-order chi connectivity index (χ1) is 15.3. The predicted molar refractivity (Wildman–Crippen MR) is 120 cm³/mol. The van der Waals surface area contributed by atoms with Gasteiger partial charge < -0.3 is 9.88 Å². The third-order valence-corrected chi connectivity index (χ3v) is 5.96. The summed E-state index contributed by atoms with van der Waals surface area (Å²) in [7, 11) is 0. The Morgan fingerprint density at radius 3 is 2.47 bits per heavy atom. The molecule has 0 saturated heterocycles. The molecule has 0 aliphatic rings. The largest absolute Gasteiger partial charge is 0.342 e. The summed E-state index contributed by atoms with van der Waals surface area (Å²) in [6.45, 7) is 6.44. The van der Waals surface area contributed by atoms with Crippen LogP contribution in [0.2, 0.25) is 0 Å². The van der Waals surface area contributed by atoms with Crippen LogP contribution in [-0.4, -0.2) is 25.6 Å². The fourth-order valence-corrected chi connectivity index (χ4v) is 4.15. The summed E-state index contributed by atoms with van der Waals surface area (Å²) >= 11 is 1.45. The second-order valence-electron chi connectivity index (χ2n) is 7.47. The maximum atomic E-state index is 14.0. The van der Waals surface area contributed by atoms with E-state index in [9.17, 15) is 19.3 Å². The van der Waals surface area contributed by atoms with Crippen LogP contribution in [0.4, 0.5) is 10.1 Å². The Morgan fingerprint density at radius 1 is 1.19 bits per heavy atom. The minimum Gasteiger partial charge on any atom is -0.342 e. The van der Waals surface area contributed by atoms with Crippen LogP contribution < -0.4 is 5.32 Å². The van der Waals surface area contributed by atoms with Gasteiger partial charge in [-0.25, -0.2) is 4.39 Å². The highest BCUT2D eigenvalue weighted by Gasteiger charge is 2.26. The number of nitrogens with zero attached hydrogens (tertiary/aromatic N) is 4. The van der Waals surface area contributed by atoms with Crippen LogP contribution in [0.5, 0.6) is 0 Å². The van der Waals surface area contributed by atoms with Crippen molar-refractivity contribution in [1.82, 2.24) is 20.1 Å². The average molecular weight is 458 g/mol. The molecule has 8 nitrogen and oxygen atoms in total. The van der Waals surface area contributed by atoms with E-state index < -0.39 is 22.7 Å². The van der Waals surface area contributed by atoms with Gasteiger partial charge in [-0.2, -0.15) is 0 Å². The Balaban J connectivity index is 1.78. The molecule has 0 aliphatic heterocycles. The molecule has 0 fully saturated rings. The molecule has 1 N–H and O–H groups in total. The first kappa shape index (κ1) is 23.4. The van der Waals surface area contributed by atoms with E-state index in [4.69, 9.17) is 0 Å². The van der Waals surface area contributed by atoms with Gasteiger partial charge in [0.15, 0.2) is 11.0 Å². The van der Waals surface area contributed by atoms with Gasteiger partial charge in [-0.3, -0.25) is 14.9 Å². The molecule has 0 aliphatic carbocycles. The van der Waals surface area contributed by atoms with Crippen LogP contribution in [0, 0.1) is 21.8 Å². The molecule has 1 atom stereocenters. The van der Waals surface area contributed by atoms with Crippen molar-refractivity contribution in [3.63, 3.8) is 0 Å². The summed E-state index contributed by atoms with van der Waals surface area (Å²) in [5.41, 5.74) is 0.942. The van der Waals surface area contributed by atoms with Gasteiger partial charge in [-0.15, -0.1) is 10.2 Å². The van der Waals surface area contributed by atoms with Crippen LogP contribution in [0.15, 0.2) is 53.7 Å². The predicted octanol–water partition coefficient (Wildman–Crippen LogP) is 4.76. The van der Waals surface area contributed by atoms with Crippen molar-refractivity contribution in [2.45, 2.75) is 44.3 Å². The second kappa shape index (κ2) is 10.4. The number of hydrogen-bond acceptors (Lipinski definition) is 6. The third kappa shape index (κ3) is 5.31. The van der Waals surface area contributed by atoms with E-state index >= 15 is 0 Å². The zero-order valence-electron chi connectivity index (χ0n) is 18.0. The summed E-state index contributed by atoms with van der Waals surface area (Å²) in [6, 6.07) is 11.8. The minimum atomic E-state index is -0.580. The normalized spacial score (nSPS) is 12.0. The number of hydrogen-bond donors (Lipinski definition) is 1. The van der Waals surface area contributed by atoms with Gasteiger partial charge in [0.1, 0.15) is 5.82 Å². The third-order valence-electron chi connectivity index (χ3n) is 4.93. The van der Waals surface area contributed by atoms with Gasteiger partial charge in [0.25, 0.3) is 11.6 Å². The van der Waals surface area contributed by atoms with Crippen molar-refractivity contribution in [3.8, 4) is 0 Å². The smallest absolute Gasteiger partial charge is 0.269 e. The van der Waals surface area contributed by atoms with Gasteiger partial charge in [-0.05, 0) is 30.5 Å². The molecular formula is C22H24FN5O3S. The second-order valence-corrected chi connectivity index (χ2v) is 8.41. The molecule has 1 aromatic heterocycles. The molecule has 168 valence electrons. The van der Waals surface area contributed by atoms with E-state index in [-0.39, 0.29) is 17.2 Å². The summed E-state index contributed by atoms with van der Waals surface area (Å²) in [5, 5.41) is 23.0. The highest BCUT2D eigenvalue weighted by molar-refractivity contribution is 7.98. The standard InChI is InChI=1S/C22H24FN5O3S/c1-4-27-20(19(14(2)3)24-21(29)17-7-5-6-8-18(17)23)25-26-22(27)32-13-15-9-11-16(12-10-15)28(30)31/h5-12,14,19H,4,13H2,1-3H3,(H,24,29). The number of rotatable bonds is 9. The van der Waals surface area contributed by atoms with Crippen molar-refractivity contribution in [2.75, 3.05) is 0 Å². The van der Waals surface area contributed by atoms with Crippen LogP contribution in [-0.2, 0) is 12.3 Å². The Bertz CT molecular complexity index is 1100. The fraction of sp³-hybridized carbons (Fsp3) is 0.318. The number of halogens is 1. The lowest BCUT2D eigenvalue weighted by molar-refractivity contribution is -0.384. The molecule has 10 heteroatoms. The van der Waals surface area contributed by atoms with Gasteiger partial charge in [0, 0.05) is 24.4 Å². The summed E-state index contributed by atoms with van der Waals surface area (Å²) < 4.78 is 16.0. The first-order valence-corrected chi connectivity index (χ1v) is 11.1. The lowest BCUT2D eigenvalue weighted by Gasteiger charge is -2.22. The van der Waals surface area contributed by atoms with E-state index in [1.54, 1.807) is 18.2 Å². The zero-order valence-corrected chi connectivity index (χ0v) is 18.8. The first-order valence-electron chi connectivity index (χ1n) is 10.2. The van der Waals surface area contributed by atoms with Gasteiger partial charge >= 0.3 is 0 Å². The lowest BCUT2D eigenvalue weighted by Crippen LogP contribution is -2.34. The number of nitro benzene ring substituents is 1. The number of carbonyl (C=O) groups is 1. The van der Waals surface area contributed by atoms with E-state index in [0.717, 1.165) is 5.56 Å². The van der Waals surface area contributed by atoms with Crippen molar-refractivity contribution in [2.24, 2.45) is 5.92 Å². The van der Waals surface area contributed by atoms with Crippen LogP contribution in [0.1, 0.15) is 48.6 Å². The topological polar surface area (TPSA) is 103 Å². The van der Waals surface area contributed by atoms with E-state index in [1.807, 2.05) is 25.3 Å². The van der Waals surface area contributed by atoms with Crippen molar-refractivity contribution in [1.29, 1.82) is 0 Å². The number of nitrogens with one attached hydrogen (secondary N) is 1. The molecule has 2 aromatic carbocycles. The molecule has 1 heterocycles. The van der Waals surface area contributed by atoms with Gasteiger partial charge in [0.2, 0.25) is 0 Å². The maximum absolute atomic E-state index is 14.0. The van der Waals surface area contributed by atoms with Crippen LogP contribution in [0.25, 0.3) is 0 Å². The van der Waals surface area contributed by atoms with E-state index in [2.05, 4.69) is 15.5 Å². The number of amides is 1. The monoisotopic (exact) mass is 457 g/mol. The van der Waals surface area contributed by atoms with Crippen molar-refractivity contribution >= 4 is 23.4 Å². The number of thioether (sulfide) groups is 1. The lowest BCUT2D eigenvalue weighted by atomic mass is 10.0. The molecule has 3 rings (SSSR count). The number of nitro groups is 1. The number of benzene rings is 2. The zero-order chi connectivity index (χ0) is 23.3. The Hall–Kier alpha value is -3.27. The fourth-order valence-electron chi connectivity index (χ4n) is 3.19. The molecule has 0 spiro atoms. The summed E-state index contributed by atoms with van der Waals surface area (Å²) in [4.78, 5) is 23.1. The number of non-ortho nitro benzene ring substituents is 1. The molecule has 1 unspecified atom stereocenters. The molecular weight excluding hydrogens is 433 g/mol. The Labute approximate surface area is 189 Å². The van der Waals surface area contributed by atoms with E-state index in [0.29, 0.717) is 23.3 Å². The molecule has 0 bridgehead atoms. The maximum Gasteiger partial charge on any atom is 0.269 e. The molecule has 1 amide bonds. The molecule has 0 radical (unpaired) electrons. The van der Waals surface area contributed by atoms with Gasteiger partial charge in [0.05, 0.1) is 16.5 Å². The Kier molecular flexibility index (Phi) is 7.57. The highest BCUT2D eigenvalue weighted by Crippen LogP contribution is 2.28. The summed E-state index contributed by atoms with van der Waals surface area (Å²) in [5.74, 6) is 0.0619. The minimum absolute atomic E-state index is 0.00672. The summed E-state index contributed by atoms with van der Waals surface area (Å²) in [6.07, 6.45) is 0. The Morgan fingerprint density at radius 2 is 1.88 bits per heavy atom. The highest BCUT2D eigenvalue weighted by atomic mass is 32.2. The van der Waals surface area contributed by atoms with E-state index in [1.165, 1.54) is 42.1 Å². The molecule has 3 aromatic rings. The average Bonchev–Trinajstić information content (AvgIpc) is 3.18. The van der Waals surface area contributed by atoms with Crippen molar-refractivity contribution in [3.05, 3.63) is 81.4 Å². The van der Waals surface area contributed by atoms with Crippen molar-refractivity contribution < 1.29 is 14.1 Å². The number of aromatic nitrogens is 3. The molecule has 0 saturated carbocycles.